The molecule has 0 saturated heterocycles. The van der Waals surface area contributed by atoms with Crippen LogP contribution in [0.25, 0.3) is 0 Å². The fraction of sp³-hybridized carbons (Fsp3) is 0.857. The maximum absolute atomic E-state index is 10.6. The molecule has 11 heavy (non-hydrogen) atoms. The van der Waals surface area contributed by atoms with Gasteiger partial charge in [-0.2, -0.15) is 0 Å². The summed E-state index contributed by atoms with van der Waals surface area (Å²) in [5.41, 5.74) is 0. The normalized spacial score (nSPS) is 8.55. The van der Waals surface area contributed by atoms with Crippen LogP contribution in [0.4, 0.5) is 0 Å². The number of hydrogen-bond donors (Lipinski definition) is 1. The summed E-state index contributed by atoms with van der Waals surface area (Å²) < 4.78 is 4.74. The first-order chi connectivity index (χ1) is 4.81. The zero-order valence-corrected chi connectivity index (χ0v) is 6.30. The van der Waals surface area contributed by atoms with Gasteiger partial charge in [0.1, 0.15) is 0 Å². The number of rotatable bonds is 5. The zero-order valence-electron chi connectivity index (χ0n) is 6.30. The Kier molecular flexibility index (Phi) is 13.3. The van der Waals surface area contributed by atoms with E-state index in [1.165, 1.54) is 0 Å². The Hall–Kier alpha value is 0.430. The molecular formula is C7H15NaO3. The summed E-state index contributed by atoms with van der Waals surface area (Å²) in [7, 11) is 0. The molecule has 0 heterocycles. The SMILES string of the molecule is CCCOC(=O)CCCO.[NaH]. The monoisotopic (exact) mass is 170 g/mol. The molecule has 62 valence electrons. The van der Waals surface area contributed by atoms with Crippen LogP contribution in [0.5, 0.6) is 0 Å². The van der Waals surface area contributed by atoms with Gasteiger partial charge in [-0.25, -0.2) is 0 Å². The van der Waals surface area contributed by atoms with Crippen molar-refractivity contribution in [3.63, 3.8) is 0 Å². The first-order valence-electron chi connectivity index (χ1n) is 3.57. The van der Waals surface area contributed by atoms with Crippen LogP contribution in [-0.2, 0) is 9.53 Å². The number of ether oxygens (including phenoxy) is 1. The van der Waals surface area contributed by atoms with Crippen molar-refractivity contribution in [3.8, 4) is 0 Å². The molecule has 3 nitrogen and oxygen atoms in total. The Morgan fingerprint density at radius 3 is 2.64 bits per heavy atom. The fourth-order valence-corrected chi connectivity index (χ4v) is 0.511. The van der Waals surface area contributed by atoms with Gasteiger partial charge in [0.05, 0.1) is 6.61 Å². The summed E-state index contributed by atoms with van der Waals surface area (Å²) in [6.07, 6.45) is 1.68. The van der Waals surface area contributed by atoms with Gasteiger partial charge in [-0.1, -0.05) is 6.92 Å². The molecule has 0 aliphatic rings. The van der Waals surface area contributed by atoms with Crippen molar-refractivity contribution in [3.05, 3.63) is 0 Å². The van der Waals surface area contributed by atoms with E-state index in [1.807, 2.05) is 6.92 Å². The molecule has 0 bridgehead atoms. The Morgan fingerprint density at radius 1 is 1.55 bits per heavy atom. The average Bonchev–Trinajstić information content (AvgIpc) is 1.97. The minimum absolute atomic E-state index is 0. The van der Waals surface area contributed by atoms with Gasteiger partial charge in [0.25, 0.3) is 0 Å². The summed E-state index contributed by atoms with van der Waals surface area (Å²) in [5, 5.41) is 8.33. The van der Waals surface area contributed by atoms with Gasteiger partial charge in [-0.15, -0.1) is 0 Å². The summed E-state index contributed by atoms with van der Waals surface area (Å²) in [6, 6.07) is 0. The Morgan fingerprint density at radius 2 is 2.18 bits per heavy atom. The summed E-state index contributed by atoms with van der Waals surface area (Å²) in [5.74, 6) is -0.212. The molecule has 0 atom stereocenters. The third kappa shape index (κ3) is 10.4. The van der Waals surface area contributed by atoms with Crippen molar-refractivity contribution in [1.82, 2.24) is 0 Å². The van der Waals surface area contributed by atoms with Crippen molar-refractivity contribution in [1.29, 1.82) is 0 Å². The molecule has 0 rings (SSSR count). The first kappa shape index (κ1) is 14.0. The van der Waals surface area contributed by atoms with E-state index >= 15 is 0 Å². The van der Waals surface area contributed by atoms with E-state index in [0.717, 1.165) is 6.42 Å². The van der Waals surface area contributed by atoms with Crippen LogP contribution >= 0.6 is 0 Å². The van der Waals surface area contributed by atoms with E-state index in [0.29, 0.717) is 19.4 Å². The molecule has 1 N–H and O–H groups in total. The van der Waals surface area contributed by atoms with Crippen molar-refractivity contribution in [2.45, 2.75) is 26.2 Å². The topological polar surface area (TPSA) is 46.5 Å². The molecule has 0 unspecified atom stereocenters. The van der Waals surface area contributed by atoms with E-state index in [9.17, 15) is 4.79 Å². The van der Waals surface area contributed by atoms with E-state index in [1.54, 1.807) is 0 Å². The van der Waals surface area contributed by atoms with Crippen LogP contribution in [0.3, 0.4) is 0 Å². The molecule has 4 heteroatoms. The van der Waals surface area contributed by atoms with Crippen molar-refractivity contribution < 1.29 is 14.6 Å². The van der Waals surface area contributed by atoms with E-state index in [4.69, 9.17) is 9.84 Å². The fourth-order valence-electron chi connectivity index (χ4n) is 0.511. The van der Waals surface area contributed by atoms with E-state index in [2.05, 4.69) is 0 Å². The molecule has 0 amide bonds. The molecule has 0 radical (unpaired) electrons. The number of aliphatic hydroxyl groups excluding tert-OH is 1. The first-order valence-corrected chi connectivity index (χ1v) is 3.57. The summed E-state index contributed by atoms with van der Waals surface area (Å²) in [4.78, 5) is 10.6. The second-order valence-corrected chi connectivity index (χ2v) is 2.05. The van der Waals surface area contributed by atoms with Crippen LogP contribution in [-0.4, -0.2) is 53.8 Å². The number of esters is 1. The third-order valence-corrected chi connectivity index (χ3v) is 1.01. The minimum atomic E-state index is -0.212. The third-order valence-electron chi connectivity index (χ3n) is 1.01. The van der Waals surface area contributed by atoms with Gasteiger partial charge in [-0.05, 0) is 12.8 Å². The van der Waals surface area contributed by atoms with Gasteiger partial charge in [0.15, 0.2) is 0 Å². The standard InChI is InChI=1S/C7H14O3.Na.H/c1-2-6-10-7(9)4-3-5-8;;/h8H,2-6H2,1H3;;. The van der Waals surface area contributed by atoms with Gasteiger partial charge in [0.2, 0.25) is 0 Å². The molecule has 0 aliphatic carbocycles. The van der Waals surface area contributed by atoms with Gasteiger partial charge in [0, 0.05) is 13.0 Å². The molecule has 0 aromatic rings. The second kappa shape index (κ2) is 10.4. The van der Waals surface area contributed by atoms with E-state index in [-0.39, 0.29) is 42.1 Å². The maximum atomic E-state index is 10.6. The van der Waals surface area contributed by atoms with Crippen LogP contribution in [0, 0.1) is 0 Å². The number of carbonyl (C=O) groups is 1. The van der Waals surface area contributed by atoms with Gasteiger partial charge in [-0.3, -0.25) is 4.79 Å². The number of aliphatic hydroxyl groups is 1. The van der Waals surface area contributed by atoms with Gasteiger partial charge >= 0.3 is 35.5 Å². The molecule has 0 fully saturated rings. The van der Waals surface area contributed by atoms with E-state index < -0.39 is 0 Å². The predicted molar refractivity (Wildman–Crippen MR) is 44.7 cm³/mol. The number of carbonyl (C=O) groups excluding carboxylic acids is 1. The summed E-state index contributed by atoms with van der Waals surface area (Å²) >= 11 is 0. The van der Waals surface area contributed by atoms with Crippen molar-refractivity contribution in [2.24, 2.45) is 0 Å². The summed E-state index contributed by atoms with van der Waals surface area (Å²) in [6.45, 7) is 2.49. The van der Waals surface area contributed by atoms with Crippen LogP contribution in [0.1, 0.15) is 26.2 Å². The molecule has 0 aromatic carbocycles. The molecule has 0 saturated carbocycles. The van der Waals surface area contributed by atoms with Crippen molar-refractivity contribution >= 4 is 35.5 Å². The molecule has 0 aliphatic heterocycles. The zero-order chi connectivity index (χ0) is 7.82. The van der Waals surface area contributed by atoms with Crippen LogP contribution in [0.2, 0.25) is 0 Å². The average molecular weight is 170 g/mol. The molecule has 0 aromatic heterocycles. The quantitative estimate of drug-likeness (QED) is 0.469. The Labute approximate surface area is 89.4 Å². The second-order valence-electron chi connectivity index (χ2n) is 2.05. The predicted octanol–water partition coefficient (Wildman–Crippen LogP) is 0.0636. The van der Waals surface area contributed by atoms with Gasteiger partial charge < -0.3 is 9.84 Å². The Bertz CT molecular complexity index is 85.7. The van der Waals surface area contributed by atoms with Crippen LogP contribution in [0.15, 0.2) is 0 Å². The number of hydrogen-bond acceptors (Lipinski definition) is 3. The molecular weight excluding hydrogens is 155 g/mol. The van der Waals surface area contributed by atoms with Crippen LogP contribution < -0.4 is 0 Å². The Balaban J connectivity index is 0. The van der Waals surface area contributed by atoms with Crippen molar-refractivity contribution in [2.75, 3.05) is 13.2 Å². The molecule has 0 spiro atoms.